The van der Waals surface area contributed by atoms with Crippen LogP contribution in [0.3, 0.4) is 0 Å². The van der Waals surface area contributed by atoms with Crippen LogP contribution in [0.25, 0.3) is 12.2 Å². The average Bonchev–Trinajstić information content (AvgIpc) is 3.11. The zero-order valence-electron chi connectivity index (χ0n) is 29.6. The summed E-state index contributed by atoms with van der Waals surface area (Å²) in [5.74, 6) is 1.67. The molecular formula is C39H51NaO11S2. The van der Waals surface area contributed by atoms with Crippen molar-refractivity contribution in [1.82, 2.24) is 0 Å². The minimum absolute atomic E-state index is 0. The number of ether oxygens (including phenoxy) is 2. The standard InChI is InChI=1S/C16H14O2.C15H14O2.C7H8O3S.CH4.Na.O3S.H2O.4H2.H/c1-2-15-10-14(11-17)8-9-16(15)18-12-13-6-4-3-5-7-13;1-2-13-10-14(16)8-9-15(13)17-11-12-6-4-3-5-7-12;1-6-2-4-7(5-3-6)11(8,9)10;;;1-4(2)3;;;;;;/h2-11H,1,12H2;2-10,16H,1,11H2;2-5H,1H3,(H,8,9,10);1H4;;;1H2;4*1H;/q;;;;+1;;;;;;;-1. The van der Waals surface area contributed by atoms with Gasteiger partial charge in [0.05, 0.1) is 4.90 Å². The van der Waals surface area contributed by atoms with E-state index in [4.69, 9.17) is 26.7 Å². The molecular weight excluding hydrogens is 732 g/mol. The van der Waals surface area contributed by atoms with Gasteiger partial charge in [0, 0.05) is 22.4 Å². The second-order valence-electron chi connectivity index (χ2n) is 10.1. The fraction of sp³-hybridized carbons (Fsp3) is 0.103. The van der Waals surface area contributed by atoms with Gasteiger partial charge in [-0.1, -0.05) is 111 Å². The number of benzene rings is 5. The van der Waals surface area contributed by atoms with Gasteiger partial charge in [-0.3, -0.25) is 9.35 Å². The number of phenolic OH excluding ortho intramolecular Hbond substituents is 1. The molecule has 0 atom stereocenters. The predicted octanol–water partition coefficient (Wildman–Crippen LogP) is 5.48. The van der Waals surface area contributed by atoms with Crippen molar-refractivity contribution in [2.45, 2.75) is 32.5 Å². The number of phenols is 1. The van der Waals surface area contributed by atoms with Crippen molar-refractivity contribution >= 4 is 39.2 Å². The van der Waals surface area contributed by atoms with E-state index in [-0.39, 0.29) is 60.2 Å². The van der Waals surface area contributed by atoms with Crippen LogP contribution >= 0.6 is 0 Å². The first kappa shape index (κ1) is 50.2. The summed E-state index contributed by atoms with van der Waals surface area (Å²) >= 11 is 0. The fourth-order valence-corrected chi connectivity index (χ4v) is 4.42. The van der Waals surface area contributed by atoms with E-state index in [1.807, 2.05) is 67.6 Å². The molecule has 0 amide bonds. The third-order valence-corrected chi connectivity index (χ3v) is 7.26. The van der Waals surface area contributed by atoms with Gasteiger partial charge in [-0.15, -0.1) is 12.6 Å². The van der Waals surface area contributed by atoms with E-state index in [1.165, 1.54) is 12.1 Å². The first-order valence-electron chi connectivity index (χ1n) is 14.7. The van der Waals surface area contributed by atoms with Gasteiger partial charge in [0.2, 0.25) is 0 Å². The summed E-state index contributed by atoms with van der Waals surface area (Å²) in [6.07, 6.45) is 4.17. The monoisotopic (exact) mass is 782 g/mol. The zero-order chi connectivity index (χ0) is 36.9. The molecule has 0 heterocycles. The molecule has 286 valence electrons. The normalized spacial score (nSPS) is 9.32. The quantitative estimate of drug-likeness (QED) is 0.104. The summed E-state index contributed by atoms with van der Waals surface area (Å²) in [5, 5.41) is 9.35. The van der Waals surface area contributed by atoms with Gasteiger partial charge in [-0.05, 0) is 66.6 Å². The van der Waals surface area contributed by atoms with E-state index in [1.54, 1.807) is 60.7 Å². The third-order valence-electron chi connectivity index (χ3n) is 6.40. The molecule has 0 fully saturated rings. The van der Waals surface area contributed by atoms with Crippen LogP contribution in [0, 0.1) is 6.92 Å². The smallest absolute Gasteiger partial charge is 1.00 e. The summed E-state index contributed by atoms with van der Waals surface area (Å²) in [6, 6.07) is 36.1. The van der Waals surface area contributed by atoms with Gasteiger partial charge >= 0.3 is 40.2 Å². The Morgan fingerprint density at radius 3 is 1.55 bits per heavy atom. The first-order chi connectivity index (χ1) is 23.9. The van der Waals surface area contributed by atoms with Crippen LogP contribution < -0.4 is 39.0 Å². The molecule has 11 nitrogen and oxygen atoms in total. The van der Waals surface area contributed by atoms with E-state index in [2.05, 4.69) is 13.2 Å². The Morgan fingerprint density at radius 1 is 0.736 bits per heavy atom. The van der Waals surface area contributed by atoms with Crippen LogP contribution in [0.15, 0.2) is 139 Å². The molecule has 0 saturated heterocycles. The topological polar surface area (TPSA) is 193 Å². The molecule has 0 bridgehead atoms. The Bertz CT molecular complexity index is 2070. The van der Waals surface area contributed by atoms with E-state index in [0.717, 1.165) is 45.6 Å². The second-order valence-corrected chi connectivity index (χ2v) is 11.9. The van der Waals surface area contributed by atoms with Crippen LogP contribution in [0.4, 0.5) is 0 Å². The number of carbonyl (C=O) groups is 1. The maximum atomic E-state index is 10.7. The number of hydrogen-bond acceptors (Lipinski definition) is 9. The van der Waals surface area contributed by atoms with Crippen molar-refractivity contribution in [3.8, 4) is 17.2 Å². The Morgan fingerprint density at radius 2 is 1.15 bits per heavy atom. The maximum Gasteiger partial charge on any atom is 1.00 e. The number of aldehydes is 1. The predicted molar refractivity (Wildman–Crippen MR) is 212 cm³/mol. The number of aryl methyl sites for hydroxylation is 1. The van der Waals surface area contributed by atoms with Crippen LogP contribution in [-0.2, 0) is 33.9 Å². The number of rotatable bonds is 10. The number of hydrogen-bond donors (Lipinski definition) is 2. The van der Waals surface area contributed by atoms with E-state index >= 15 is 0 Å². The van der Waals surface area contributed by atoms with Gasteiger partial charge in [0.1, 0.15) is 36.7 Å². The average molecular weight is 783 g/mol. The van der Waals surface area contributed by atoms with Crippen molar-refractivity contribution in [1.29, 1.82) is 0 Å². The molecule has 0 aliphatic carbocycles. The molecule has 5 aromatic rings. The van der Waals surface area contributed by atoms with Gasteiger partial charge in [0.25, 0.3) is 10.1 Å². The third kappa shape index (κ3) is 20.1. The van der Waals surface area contributed by atoms with E-state index < -0.39 is 20.7 Å². The zero-order valence-corrected chi connectivity index (χ0v) is 32.2. The van der Waals surface area contributed by atoms with Gasteiger partial charge in [-0.2, -0.15) is 8.42 Å². The molecule has 0 aliphatic heterocycles. The molecule has 4 N–H and O–H groups in total. The minimum atomic E-state index is -4.02. The molecule has 14 heteroatoms. The fourth-order valence-electron chi connectivity index (χ4n) is 3.94. The Labute approximate surface area is 342 Å². The summed E-state index contributed by atoms with van der Waals surface area (Å²) in [6.45, 7) is 10.3. The molecule has 0 spiro atoms. The van der Waals surface area contributed by atoms with Crippen molar-refractivity contribution in [3.05, 3.63) is 168 Å². The molecule has 0 unspecified atom stereocenters. The Kier molecular flexibility index (Phi) is 25.5. The van der Waals surface area contributed by atoms with Crippen molar-refractivity contribution in [3.63, 3.8) is 0 Å². The largest absolute Gasteiger partial charge is 1.00 e. The summed E-state index contributed by atoms with van der Waals surface area (Å²) in [7, 11) is -7.13. The number of aromatic hydroxyl groups is 1. The molecule has 0 aromatic heterocycles. The summed E-state index contributed by atoms with van der Waals surface area (Å²) < 4.78 is 66.3. The van der Waals surface area contributed by atoms with Gasteiger partial charge in [0.15, 0.2) is 0 Å². The van der Waals surface area contributed by atoms with Gasteiger partial charge < -0.3 is 21.5 Å². The van der Waals surface area contributed by atoms with Crippen molar-refractivity contribution < 1.29 is 87.1 Å². The van der Waals surface area contributed by atoms with Crippen molar-refractivity contribution in [2.24, 2.45) is 0 Å². The molecule has 0 aliphatic rings. The summed E-state index contributed by atoms with van der Waals surface area (Å²) in [5.41, 5.74) is 5.41. The molecule has 0 radical (unpaired) electrons. The van der Waals surface area contributed by atoms with Crippen LogP contribution in [0.1, 0.15) is 52.7 Å². The molecule has 53 heavy (non-hydrogen) atoms. The molecule has 0 saturated carbocycles. The SMILES string of the molecule is C.C=Cc1cc(C=O)ccc1OCc1ccccc1.C=Cc1cc(O)ccc1OCc1ccccc1.Cc1ccc(S(=O)(=O)O)cc1.O.O=S(=O)=O.[H-].[HH].[HH].[HH].[HH].[Na+]. The Balaban J connectivity index is -0.000000123. The van der Waals surface area contributed by atoms with Crippen LogP contribution in [-0.4, -0.2) is 42.5 Å². The first-order valence-corrected chi connectivity index (χ1v) is 17.1. The molecule has 5 aromatic carbocycles. The number of carbonyl (C=O) groups excluding carboxylic acids is 1. The van der Waals surface area contributed by atoms with Crippen LogP contribution in [0.5, 0.6) is 17.2 Å². The van der Waals surface area contributed by atoms with Crippen LogP contribution in [0.2, 0.25) is 0 Å². The summed E-state index contributed by atoms with van der Waals surface area (Å²) in [4.78, 5) is 10.6. The minimum Gasteiger partial charge on any atom is -1.00 e. The van der Waals surface area contributed by atoms with Crippen molar-refractivity contribution in [2.75, 3.05) is 0 Å². The molecule has 5 rings (SSSR count). The second kappa shape index (κ2) is 26.8. The van der Waals surface area contributed by atoms with E-state index in [0.29, 0.717) is 18.8 Å². The van der Waals surface area contributed by atoms with Gasteiger partial charge in [-0.25, -0.2) is 0 Å². The van der Waals surface area contributed by atoms with E-state index in [9.17, 15) is 18.3 Å². The maximum absolute atomic E-state index is 10.7. The Hall–Kier alpha value is -4.86.